The van der Waals surface area contributed by atoms with E-state index in [0.717, 1.165) is 32.4 Å². The molecule has 1 aromatic rings. The molecule has 1 aliphatic heterocycles. The van der Waals surface area contributed by atoms with Crippen LogP contribution in [-0.2, 0) is 11.3 Å². The zero-order chi connectivity index (χ0) is 15.1. The molecule has 1 atom stereocenters. The van der Waals surface area contributed by atoms with Gasteiger partial charge in [0, 0.05) is 6.07 Å². The van der Waals surface area contributed by atoms with Gasteiger partial charge in [0.25, 0.3) is 5.56 Å². The van der Waals surface area contributed by atoms with E-state index in [0.29, 0.717) is 18.1 Å². The molecule has 1 saturated heterocycles. The average Bonchev–Trinajstić information content (AvgIpc) is 3.01. The van der Waals surface area contributed by atoms with Gasteiger partial charge in [-0.15, -0.1) is 24.8 Å². The minimum absolute atomic E-state index is 0. The van der Waals surface area contributed by atoms with Crippen LogP contribution in [0.15, 0.2) is 10.9 Å². The first-order chi connectivity index (χ1) is 9.95. The Morgan fingerprint density at radius 1 is 1.35 bits per heavy atom. The Hall–Kier alpha value is -1.11. The molecule has 8 heteroatoms. The summed E-state index contributed by atoms with van der Waals surface area (Å²) >= 11 is 0. The third kappa shape index (κ3) is 3.70. The number of amides is 1. The van der Waals surface area contributed by atoms with Gasteiger partial charge >= 0.3 is 0 Å². The normalized spacial score (nSPS) is 24.3. The molecule has 3 N–H and O–H groups in total. The molecule has 1 spiro atoms. The summed E-state index contributed by atoms with van der Waals surface area (Å²) in [6.07, 6.45) is 3.11. The van der Waals surface area contributed by atoms with E-state index in [1.165, 1.54) is 6.07 Å². The molecule has 1 aromatic heterocycles. The van der Waals surface area contributed by atoms with Crippen LogP contribution in [0.25, 0.3) is 0 Å². The lowest BCUT2D eigenvalue weighted by molar-refractivity contribution is -0.127. The fourth-order valence-corrected chi connectivity index (χ4v) is 3.69. The van der Waals surface area contributed by atoms with E-state index in [-0.39, 0.29) is 47.1 Å². The number of aromatic nitrogens is 2. The van der Waals surface area contributed by atoms with Crippen molar-refractivity contribution >= 4 is 30.7 Å². The quantitative estimate of drug-likeness (QED) is 0.756. The van der Waals surface area contributed by atoms with Crippen LogP contribution in [-0.4, -0.2) is 29.0 Å². The lowest BCUT2D eigenvalue weighted by atomic mass is 9.85. The lowest BCUT2D eigenvalue weighted by Crippen LogP contribution is -2.38. The maximum Gasteiger partial charge on any atom is 0.251 e. The second-order valence-electron chi connectivity index (χ2n) is 6.54. The Balaban J connectivity index is 0.00000132. The summed E-state index contributed by atoms with van der Waals surface area (Å²) in [5, 5.41) is 6.30. The van der Waals surface area contributed by atoms with E-state index < -0.39 is 0 Å². The summed E-state index contributed by atoms with van der Waals surface area (Å²) in [4.78, 5) is 30.7. The molecular formula is C15H24Cl2N4O2. The van der Waals surface area contributed by atoms with Crippen molar-refractivity contribution < 1.29 is 4.79 Å². The summed E-state index contributed by atoms with van der Waals surface area (Å²) in [6.45, 7) is 6.10. The van der Waals surface area contributed by atoms with Crippen LogP contribution >= 0.6 is 24.8 Å². The Kier molecular flexibility index (Phi) is 6.24. The summed E-state index contributed by atoms with van der Waals surface area (Å²) < 4.78 is 0. The maximum atomic E-state index is 12.5. The Morgan fingerprint density at radius 2 is 2.00 bits per heavy atom. The van der Waals surface area contributed by atoms with Crippen molar-refractivity contribution in [3.8, 4) is 0 Å². The van der Waals surface area contributed by atoms with Gasteiger partial charge in [-0.1, -0.05) is 6.92 Å². The number of nitrogens with zero attached hydrogens (tertiary/aromatic N) is 1. The van der Waals surface area contributed by atoms with Crippen molar-refractivity contribution in [2.24, 2.45) is 10.8 Å². The fraction of sp³-hybridized carbons (Fsp3) is 0.667. The number of H-pyrrole nitrogens is 1. The monoisotopic (exact) mass is 362 g/mol. The number of hydrogen-bond acceptors (Lipinski definition) is 4. The molecule has 130 valence electrons. The summed E-state index contributed by atoms with van der Waals surface area (Å²) in [5.74, 6) is 0.656. The van der Waals surface area contributed by atoms with Gasteiger partial charge in [-0.2, -0.15) is 0 Å². The first kappa shape index (κ1) is 19.9. The van der Waals surface area contributed by atoms with Gasteiger partial charge in [0.2, 0.25) is 5.91 Å². The number of piperidine rings is 1. The summed E-state index contributed by atoms with van der Waals surface area (Å²) in [7, 11) is 0. The van der Waals surface area contributed by atoms with Gasteiger partial charge in [-0.3, -0.25) is 9.59 Å². The zero-order valence-electron chi connectivity index (χ0n) is 13.4. The number of hydrogen-bond donors (Lipinski definition) is 3. The van der Waals surface area contributed by atoms with Crippen molar-refractivity contribution in [3.05, 3.63) is 27.9 Å². The molecule has 0 bridgehead atoms. The van der Waals surface area contributed by atoms with Crippen LogP contribution in [0, 0.1) is 17.8 Å². The predicted octanol–water partition coefficient (Wildman–Crippen LogP) is 1.32. The number of halogens is 2. The van der Waals surface area contributed by atoms with Crippen molar-refractivity contribution in [1.82, 2.24) is 20.6 Å². The standard InChI is InChI=1S/C15H22N4O2.2ClH/c1-10-18-11(7-12(20)19-10)8-17-13(21)14(2)9-15(14)3-5-16-6-4-15;;/h7,16H,3-6,8-9H2,1-2H3,(H,17,21)(H,18,19,20);2*1H. The third-order valence-corrected chi connectivity index (χ3v) is 5.14. The molecule has 3 rings (SSSR count). The largest absolute Gasteiger partial charge is 0.350 e. The molecule has 1 saturated carbocycles. The number of carbonyl (C=O) groups excluding carboxylic acids is 1. The van der Waals surface area contributed by atoms with Crippen molar-refractivity contribution in [2.75, 3.05) is 13.1 Å². The molecule has 6 nitrogen and oxygen atoms in total. The Morgan fingerprint density at radius 3 is 2.61 bits per heavy atom. The number of carbonyl (C=O) groups is 1. The molecule has 0 aromatic carbocycles. The van der Waals surface area contributed by atoms with Crippen LogP contribution < -0.4 is 16.2 Å². The number of aryl methyl sites for hydroxylation is 1. The smallest absolute Gasteiger partial charge is 0.251 e. The SMILES string of the molecule is Cc1nc(CNC(=O)C2(C)CC23CCNCC3)cc(=O)[nH]1.Cl.Cl. The fourth-order valence-electron chi connectivity index (χ4n) is 3.69. The number of nitrogens with one attached hydrogen (secondary N) is 3. The molecule has 2 fully saturated rings. The highest BCUT2D eigenvalue weighted by Crippen LogP contribution is 2.68. The Labute approximate surface area is 148 Å². The minimum atomic E-state index is -0.259. The predicted molar refractivity (Wildman–Crippen MR) is 93.2 cm³/mol. The lowest BCUT2D eigenvalue weighted by Gasteiger charge is -2.27. The van der Waals surface area contributed by atoms with Crippen LogP contribution in [0.5, 0.6) is 0 Å². The molecule has 2 aliphatic rings. The highest BCUT2D eigenvalue weighted by atomic mass is 35.5. The summed E-state index contributed by atoms with van der Waals surface area (Å²) in [6, 6.07) is 1.43. The van der Waals surface area contributed by atoms with Gasteiger partial charge in [-0.25, -0.2) is 4.98 Å². The molecule has 0 radical (unpaired) electrons. The highest BCUT2D eigenvalue weighted by molar-refractivity contribution is 5.86. The molecule has 1 unspecified atom stereocenters. The van der Waals surface area contributed by atoms with Crippen LogP contribution in [0.4, 0.5) is 0 Å². The van der Waals surface area contributed by atoms with Crippen molar-refractivity contribution in [1.29, 1.82) is 0 Å². The van der Waals surface area contributed by atoms with Crippen LogP contribution in [0.3, 0.4) is 0 Å². The molecule has 1 aliphatic carbocycles. The van der Waals surface area contributed by atoms with E-state index >= 15 is 0 Å². The molecule has 2 heterocycles. The van der Waals surface area contributed by atoms with Gasteiger partial charge in [0.1, 0.15) is 5.82 Å². The molecule has 23 heavy (non-hydrogen) atoms. The van der Waals surface area contributed by atoms with Gasteiger partial charge < -0.3 is 15.6 Å². The second kappa shape index (κ2) is 7.20. The van der Waals surface area contributed by atoms with E-state index in [1.807, 2.05) is 0 Å². The van der Waals surface area contributed by atoms with Crippen molar-refractivity contribution in [2.45, 2.75) is 39.7 Å². The minimum Gasteiger partial charge on any atom is -0.350 e. The van der Waals surface area contributed by atoms with Gasteiger partial charge in [-0.05, 0) is 44.7 Å². The maximum absolute atomic E-state index is 12.5. The number of aromatic amines is 1. The second-order valence-corrected chi connectivity index (χ2v) is 6.54. The highest BCUT2D eigenvalue weighted by Gasteiger charge is 2.67. The number of rotatable bonds is 3. The van der Waals surface area contributed by atoms with Gasteiger partial charge in [0.15, 0.2) is 0 Å². The summed E-state index contributed by atoms with van der Waals surface area (Å²) in [5.41, 5.74) is 0.345. The van der Waals surface area contributed by atoms with Crippen LogP contribution in [0.2, 0.25) is 0 Å². The van der Waals surface area contributed by atoms with E-state index in [4.69, 9.17) is 0 Å². The Bertz CT molecular complexity index is 628. The molecule has 1 amide bonds. The van der Waals surface area contributed by atoms with E-state index in [9.17, 15) is 9.59 Å². The first-order valence-corrected chi connectivity index (χ1v) is 7.51. The third-order valence-electron chi connectivity index (χ3n) is 5.14. The van der Waals surface area contributed by atoms with Crippen molar-refractivity contribution in [3.63, 3.8) is 0 Å². The zero-order valence-corrected chi connectivity index (χ0v) is 15.0. The van der Waals surface area contributed by atoms with E-state index in [1.54, 1.807) is 6.92 Å². The van der Waals surface area contributed by atoms with E-state index in [2.05, 4.69) is 27.5 Å². The average molecular weight is 363 g/mol. The molecular weight excluding hydrogens is 339 g/mol. The first-order valence-electron chi connectivity index (χ1n) is 7.51. The van der Waals surface area contributed by atoms with Gasteiger partial charge in [0.05, 0.1) is 17.7 Å². The van der Waals surface area contributed by atoms with Crippen LogP contribution in [0.1, 0.15) is 37.7 Å². The topological polar surface area (TPSA) is 86.9 Å².